The lowest BCUT2D eigenvalue weighted by atomic mass is 9.96. The van der Waals surface area contributed by atoms with Crippen molar-refractivity contribution in [2.75, 3.05) is 12.4 Å². The topological polar surface area (TPSA) is 78.3 Å². The van der Waals surface area contributed by atoms with Crippen molar-refractivity contribution in [1.82, 2.24) is 14.8 Å². The Labute approximate surface area is 169 Å². The fourth-order valence-electron chi connectivity index (χ4n) is 3.49. The van der Waals surface area contributed by atoms with E-state index >= 15 is 0 Å². The maximum Gasteiger partial charge on any atom is 0.338 e. The van der Waals surface area contributed by atoms with Crippen molar-refractivity contribution in [3.8, 4) is 5.75 Å². The van der Waals surface area contributed by atoms with Crippen molar-refractivity contribution >= 4 is 11.9 Å². The predicted octanol–water partition coefficient (Wildman–Crippen LogP) is 3.63. The molecular weight excluding hydrogens is 368 g/mol. The molecule has 0 spiro atoms. The molecule has 1 aliphatic rings. The highest BCUT2D eigenvalue weighted by Crippen LogP contribution is 2.35. The maximum absolute atomic E-state index is 12.4. The number of hydrogen-bond acceptors (Lipinski definition) is 6. The molecule has 0 radical (unpaired) electrons. The summed E-state index contributed by atoms with van der Waals surface area (Å²) in [6.07, 6.45) is 1.46. The van der Waals surface area contributed by atoms with Crippen LogP contribution in [0.1, 0.15) is 29.7 Å². The summed E-state index contributed by atoms with van der Waals surface area (Å²) in [4.78, 5) is 16.7. The van der Waals surface area contributed by atoms with Crippen LogP contribution in [0.25, 0.3) is 0 Å². The van der Waals surface area contributed by atoms with E-state index in [1.165, 1.54) is 19.0 Å². The van der Waals surface area contributed by atoms with Gasteiger partial charge in [-0.3, -0.25) is 0 Å². The van der Waals surface area contributed by atoms with Gasteiger partial charge in [-0.2, -0.15) is 10.1 Å². The molecule has 7 heteroatoms. The summed E-state index contributed by atoms with van der Waals surface area (Å²) >= 11 is 0. The third-order valence-electron chi connectivity index (χ3n) is 4.88. The van der Waals surface area contributed by atoms with Crippen LogP contribution in [0.2, 0.25) is 0 Å². The fourth-order valence-corrected chi connectivity index (χ4v) is 3.49. The highest BCUT2D eigenvalue weighted by molar-refractivity contribution is 5.92. The first kappa shape index (κ1) is 18.7. The highest BCUT2D eigenvalue weighted by Gasteiger charge is 2.33. The van der Waals surface area contributed by atoms with E-state index in [0.717, 1.165) is 16.9 Å². The Morgan fingerprint density at radius 3 is 2.69 bits per heavy atom. The molecule has 2 aromatic carbocycles. The Morgan fingerprint density at radius 2 is 1.97 bits per heavy atom. The van der Waals surface area contributed by atoms with Crippen molar-refractivity contribution in [3.05, 3.63) is 82.8 Å². The summed E-state index contributed by atoms with van der Waals surface area (Å²) in [5, 5.41) is 7.40. The number of methoxy groups -OCH3 is 1. The van der Waals surface area contributed by atoms with Gasteiger partial charge in [0.1, 0.15) is 24.7 Å². The van der Waals surface area contributed by atoms with E-state index in [0.29, 0.717) is 23.8 Å². The van der Waals surface area contributed by atoms with Crippen molar-refractivity contribution in [2.45, 2.75) is 26.5 Å². The molecule has 2 heterocycles. The number of aryl methyl sites for hydroxylation is 1. The summed E-state index contributed by atoms with van der Waals surface area (Å²) in [6.45, 7) is 4.38. The van der Waals surface area contributed by atoms with Crippen LogP contribution in [0, 0.1) is 6.92 Å². The first-order valence-corrected chi connectivity index (χ1v) is 9.30. The van der Waals surface area contributed by atoms with E-state index in [1.54, 1.807) is 4.68 Å². The molecule has 1 unspecified atom stereocenters. The zero-order valence-corrected chi connectivity index (χ0v) is 16.5. The third-order valence-corrected chi connectivity index (χ3v) is 4.88. The predicted molar refractivity (Wildman–Crippen MR) is 108 cm³/mol. The molecular formula is C22H22N4O3. The molecule has 1 aliphatic heterocycles. The molecule has 0 saturated carbocycles. The molecule has 0 bridgehead atoms. The van der Waals surface area contributed by atoms with Crippen molar-refractivity contribution in [2.24, 2.45) is 0 Å². The zero-order chi connectivity index (χ0) is 20.4. The van der Waals surface area contributed by atoms with Gasteiger partial charge in [-0.15, -0.1) is 0 Å². The van der Waals surface area contributed by atoms with E-state index in [1.807, 2.05) is 43.3 Å². The lowest BCUT2D eigenvalue weighted by Crippen LogP contribution is -2.29. The number of aromatic nitrogens is 3. The van der Waals surface area contributed by atoms with Gasteiger partial charge in [-0.25, -0.2) is 9.48 Å². The van der Waals surface area contributed by atoms with Crippen molar-refractivity contribution < 1.29 is 14.3 Å². The van der Waals surface area contributed by atoms with Crippen molar-refractivity contribution in [3.63, 3.8) is 0 Å². The van der Waals surface area contributed by atoms with Crippen LogP contribution >= 0.6 is 0 Å². The molecule has 0 amide bonds. The maximum atomic E-state index is 12.4. The normalized spacial score (nSPS) is 15.5. The molecule has 1 aromatic heterocycles. The van der Waals surface area contributed by atoms with Crippen LogP contribution in [0.3, 0.4) is 0 Å². The van der Waals surface area contributed by atoms with Gasteiger partial charge in [0.25, 0.3) is 0 Å². The number of allylic oxidation sites excluding steroid dienone is 1. The second-order valence-corrected chi connectivity index (χ2v) is 6.93. The minimum atomic E-state index is -0.424. The number of anilines is 1. The monoisotopic (exact) mass is 390 g/mol. The van der Waals surface area contributed by atoms with Gasteiger partial charge in [-0.1, -0.05) is 42.0 Å². The van der Waals surface area contributed by atoms with Crippen LogP contribution in [0.4, 0.5) is 5.95 Å². The second-order valence-electron chi connectivity index (χ2n) is 6.93. The van der Waals surface area contributed by atoms with E-state index in [-0.39, 0.29) is 0 Å². The Balaban J connectivity index is 1.59. The molecule has 1 N–H and O–H groups in total. The molecule has 148 valence electrons. The van der Waals surface area contributed by atoms with Crippen LogP contribution in [-0.4, -0.2) is 27.8 Å². The number of nitrogens with zero attached hydrogens (tertiary/aromatic N) is 3. The SMILES string of the molecule is COC(=O)C1=C(C)Nc2ncnn2C1c1ccc(OCc2cccc(C)c2)cc1. The number of ether oxygens (including phenoxy) is 2. The Bertz CT molecular complexity index is 1070. The van der Waals surface area contributed by atoms with Gasteiger partial charge >= 0.3 is 5.97 Å². The van der Waals surface area contributed by atoms with Crippen LogP contribution in [0.15, 0.2) is 66.1 Å². The molecule has 29 heavy (non-hydrogen) atoms. The number of esters is 1. The highest BCUT2D eigenvalue weighted by atomic mass is 16.5. The largest absolute Gasteiger partial charge is 0.489 e. The zero-order valence-electron chi connectivity index (χ0n) is 16.5. The number of fused-ring (bicyclic) bond motifs is 1. The van der Waals surface area contributed by atoms with E-state index < -0.39 is 12.0 Å². The lowest BCUT2D eigenvalue weighted by Gasteiger charge is -2.28. The van der Waals surface area contributed by atoms with Crippen LogP contribution in [-0.2, 0) is 16.1 Å². The summed E-state index contributed by atoms with van der Waals surface area (Å²) in [7, 11) is 1.37. The third kappa shape index (κ3) is 3.71. The first-order chi connectivity index (χ1) is 14.1. The summed E-state index contributed by atoms with van der Waals surface area (Å²) in [5.74, 6) is 0.934. The summed E-state index contributed by atoms with van der Waals surface area (Å²) < 4.78 is 12.6. The molecule has 3 aromatic rings. The number of hydrogen-bond donors (Lipinski definition) is 1. The van der Waals surface area contributed by atoms with Gasteiger partial charge in [0.05, 0.1) is 12.7 Å². The minimum Gasteiger partial charge on any atom is -0.489 e. The average molecular weight is 390 g/mol. The van der Waals surface area contributed by atoms with Gasteiger partial charge in [-0.05, 0) is 37.1 Å². The standard InChI is InChI=1S/C22H22N4O3/c1-14-5-4-6-16(11-14)12-29-18-9-7-17(8-10-18)20-19(21(27)28-3)15(2)25-22-23-13-24-26(20)22/h4-11,13,20H,12H2,1-3H3,(H,23,24,25). The van der Waals surface area contributed by atoms with Gasteiger partial charge in [0.2, 0.25) is 5.95 Å². The lowest BCUT2D eigenvalue weighted by molar-refractivity contribution is -0.136. The van der Waals surface area contributed by atoms with E-state index in [9.17, 15) is 4.79 Å². The quantitative estimate of drug-likeness (QED) is 0.671. The molecule has 7 nitrogen and oxygen atoms in total. The molecule has 0 fully saturated rings. The number of benzene rings is 2. The number of nitrogens with one attached hydrogen (secondary N) is 1. The molecule has 4 rings (SSSR count). The smallest absolute Gasteiger partial charge is 0.338 e. The van der Waals surface area contributed by atoms with Gasteiger partial charge in [0.15, 0.2) is 0 Å². The Morgan fingerprint density at radius 1 is 1.17 bits per heavy atom. The molecule has 1 atom stereocenters. The van der Waals surface area contributed by atoms with Crippen LogP contribution < -0.4 is 10.1 Å². The fraction of sp³-hybridized carbons (Fsp3) is 0.227. The number of rotatable bonds is 5. The first-order valence-electron chi connectivity index (χ1n) is 9.30. The van der Waals surface area contributed by atoms with Gasteiger partial charge < -0.3 is 14.8 Å². The minimum absolute atomic E-state index is 0.402. The molecule has 0 aliphatic carbocycles. The van der Waals surface area contributed by atoms with Gasteiger partial charge in [0, 0.05) is 5.70 Å². The second kappa shape index (κ2) is 7.79. The number of carbonyl (C=O) groups excluding carboxylic acids is 1. The number of carbonyl (C=O) groups is 1. The van der Waals surface area contributed by atoms with Crippen molar-refractivity contribution in [1.29, 1.82) is 0 Å². The van der Waals surface area contributed by atoms with E-state index in [2.05, 4.69) is 34.5 Å². The Kier molecular flexibility index (Phi) is 5.03. The molecule has 0 saturated heterocycles. The Hall–Kier alpha value is -3.61. The average Bonchev–Trinajstić information content (AvgIpc) is 3.19. The summed E-state index contributed by atoms with van der Waals surface area (Å²) in [5.41, 5.74) is 4.40. The van der Waals surface area contributed by atoms with E-state index in [4.69, 9.17) is 9.47 Å². The van der Waals surface area contributed by atoms with Crippen LogP contribution in [0.5, 0.6) is 5.75 Å². The summed E-state index contributed by atoms with van der Waals surface area (Å²) in [6, 6.07) is 15.5.